The van der Waals surface area contributed by atoms with Crippen LogP contribution in [0.3, 0.4) is 0 Å². The molecule has 0 spiro atoms. The molecule has 1 aliphatic heterocycles. The van der Waals surface area contributed by atoms with Crippen LogP contribution in [0.2, 0.25) is 0 Å². The van der Waals surface area contributed by atoms with Crippen LogP contribution < -0.4 is 5.32 Å². The van der Waals surface area contributed by atoms with Crippen LogP contribution in [0, 0.1) is 0 Å². The lowest BCUT2D eigenvalue weighted by Crippen LogP contribution is -2.34. The Morgan fingerprint density at radius 2 is 2.28 bits per heavy atom. The zero-order valence-electron chi connectivity index (χ0n) is 10.3. The average Bonchev–Trinajstić information content (AvgIpc) is 2.80. The molecule has 5 heteroatoms. The van der Waals surface area contributed by atoms with Crippen LogP contribution in [0.25, 0.3) is 5.65 Å². The summed E-state index contributed by atoms with van der Waals surface area (Å²) in [5, 5.41) is 12.1. The number of aromatic nitrogens is 3. The maximum absolute atomic E-state index is 4.29. The highest BCUT2D eigenvalue weighted by atomic mass is 79.9. The van der Waals surface area contributed by atoms with Crippen molar-refractivity contribution in [1.29, 1.82) is 0 Å². The van der Waals surface area contributed by atoms with Gasteiger partial charge in [0.15, 0.2) is 5.65 Å². The summed E-state index contributed by atoms with van der Waals surface area (Å²) in [5.74, 6) is 1.05. The van der Waals surface area contributed by atoms with Gasteiger partial charge >= 0.3 is 0 Å². The second-order valence-electron chi connectivity index (χ2n) is 4.88. The standard InChI is InChI=1S/C13H17BrN4/c14-10-4-6-12-16-17-13(18(12)9-10)7-5-11-3-1-2-8-15-11/h4,6,9,11,15H,1-3,5,7-8H2. The molecule has 2 aromatic heterocycles. The summed E-state index contributed by atoms with van der Waals surface area (Å²) in [6, 6.07) is 4.63. The van der Waals surface area contributed by atoms with Crippen molar-refractivity contribution in [3.05, 3.63) is 28.6 Å². The molecule has 1 atom stereocenters. The van der Waals surface area contributed by atoms with E-state index in [1.54, 1.807) is 0 Å². The Labute approximate surface area is 115 Å². The first kappa shape index (κ1) is 12.1. The van der Waals surface area contributed by atoms with Gasteiger partial charge in [0.25, 0.3) is 0 Å². The molecule has 0 radical (unpaired) electrons. The van der Waals surface area contributed by atoms with Gasteiger partial charge in [-0.1, -0.05) is 6.42 Å². The van der Waals surface area contributed by atoms with Gasteiger partial charge in [-0.3, -0.25) is 4.40 Å². The number of rotatable bonds is 3. The van der Waals surface area contributed by atoms with Crippen molar-refractivity contribution in [3.8, 4) is 0 Å². The second kappa shape index (κ2) is 5.36. The van der Waals surface area contributed by atoms with E-state index in [-0.39, 0.29) is 0 Å². The SMILES string of the molecule is Brc1ccc2nnc(CCC3CCCCN3)n2c1. The van der Waals surface area contributed by atoms with Gasteiger partial charge in [0, 0.05) is 23.1 Å². The third kappa shape index (κ3) is 2.57. The number of nitrogens with zero attached hydrogens (tertiary/aromatic N) is 3. The summed E-state index contributed by atoms with van der Waals surface area (Å²) in [6.07, 6.45) is 8.13. The molecule has 0 bridgehead atoms. The van der Waals surface area contributed by atoms with Crippen LogP contribution in [-0.4, -0.2) is 27.2 Å². The quantitative estimate of drug-likeness (QED) is 0.947. The van der Waals surface area contributed by atoms with Gasteiger partial charge in [-0.2, -0.15) is 0 Å². The highest BCUT2D eigenvalue weighted by molar-refractivity contribution is 9.10. The van der Waals surface area contributed by atoms with Crippen LogP contribution in [0.4, 0.5) is 0 Å². The molecule has 0 aromatic carbocycles. The van der Waals surface area contributed by atoms with Gasteiger partial charge in [-0.25, -0.2) is 0 Å². The van der Waals surface area contributed by atoms with Gasteiger partial charge < -0.3 is 5.32 Å². The highest BCUT2D eigenvalue weighted by Gasteiger charge is 2.14. The maximum atomic E-state index is 4.29. The van der Waals surface area contributed by atoms with E-state index in [0.717, 1.165) is 35.3 Å². The minimum absolute atomic E-state index is 0.651. The average molecular weight is 309 g/mol. The minimum Gasteiger partial charge on any atom is -0.314 e. The van der Waals surface area contributed by atoms with Crippen LogP contribution in [0.15, 0.2) is 22.8 Å². The van der Waals surface area contributed by atoms with Gasteiger partial charge in [0.2, 0.25) is 0 Å². The molecule has 1 fully saturated rings. The van der Waals surface area contributed by atoms with E-state index >= 15 is 0 Å². The van der Waals surface area contributed by atoms with Crippen molar-refractivity contribution in [3.63, 3.8) is 0 Å². The van der Waals surface area contributed by atoms with Crippen molar-refractivity contribution >= 4 is 21.6 Å². The first-order valence-electron chi connectivity index (χ1n) is 6.55. The van der Waals surface area contributed by atoms with Gasteiger partial charge in [-0.15, -0.1) is 10.2 Å². The van der Waals surface area contributed by atoms with Gasteiger partial charge in [0.1, 0.15) is 5.82 Å². The summed E-state index contributed by atoms with van der Waals surface area (Å²) in [6.45, 7) is 1.16. The topological polar surface area (TPSA) is 42.2 Å². The largest absolute Gasteiger partial charge is 0.314 e. The van der Waals surface area contributed by atoms with Crippen molar-refractivity contribution in [2.24, 2.45) is 0 Å². The van der Waals surface area contributed by atoms with Crippen LogP contribution in [0.5, 0.6) is 0 Å². The number of pyridine rings is 1. The highest BCUT2D eigenvalue weighted by Crippen LogP contribution is 2.15. The third-order valence-electron chi connectivity index (χ3n) is 3.57. The first-order chi connectivity index (χ1) is 8.83. The number of hydrogen-bond donors (Lipinski definition) is 1. The van der Waals surface area contributed by atoms with Crippen LogP contribution in [-0.2, 0) is 6.42 Å². The van der Waals surface area contributed by atoms with Gasteiger partial charge in [-0.05, 0) is 53.9 Å². The lowest BCUT2D eigenvalue weighted by atomic mass is 10.0. The summed E-state index contributed by atoms with van der Waals surface area (Å²) in [7, 11) is 0. The molecule has 1 unspecified atom stereocenters. The van der Waals surface area contributed by atoms with Crippen molar-refractivity contribution in [2.45, 2.75) is 38.1 Å². The number of aryl methyl sites for hydroxylation is 1. The Balaban J connectivity index is 1.72. The predicted octanol–water partition coefficient (Wildman–Crippen LogP) is 2.57. The monoisotopic (exact) mass is 308 g/mol. The minimum atomic E-state index is 0.651. The Morgan fingerprint density at radius 3 is 3.11 bits per heavy atom. The maximum Gasteiger partial charge on any atom is 0.160 e. The number of piperidine rings is 1. The molecule has 1 saturated heterocycles. The van der Waals surface area contributed by atoms with Gasteiger partial charge in [0.05, 0.1) is 0 Å². The molecule has 0 saturated carbocycles. The Bertz CT molecular complexity index is 531. The first-order valence-corrected chi connectivity index (χ1v) is 7.35. The fraction of sp³-hybridized carbons (Fsp3) is 0.538. The number of fused-ring (bicyclic) bond motifs is 1. The fourth-order valence-corrected chi connectivity index (χ4v) is 2.89. The number of hydrogen-bond acceptors (Lipinski definition) is 3. The summed E-state index contributed by atoms with van der Waals surface area (Å²) < 4.78 is 3.14. The third-order valence-corrected chi connectivity index (χ3v) is 4.03. The summed E-state index contributed by atoms with van der Waals surface area (Å²) in [5.41, 5.74) is 0.921. The summed E-state index contributed by atoms with van der Waals surface area (Å²) >= 11 is 3.49. The van der Waals surface area contributed by atoms with Crippen LogP contribution >= 0.6 is 15.9 Å². The van der Waals surface area contributed by atoms with E-state index in [1.807, 2.05) is 18.3 Å². The zero-order chi connectivity index (χ0) is 12.4. The molecule has 3 heterocycles. The Hall–Kier alpha value is -0.940. The lowest BCUT2D eigenvalue weighted by molar-refractivity contribution is 0.380. The molecule has 1 N–H and O–H groups in total. The second-order valence-corrected chi connectivity index (χ2v) is 5.79. The van der Waals surface area contributed by atoms with E-state index in [1.165, 1.54) is 19.3 Å². The van der Waals surface area contributed by atoms with E-state index in [2.05, 4.69) is 35.8 Å². The normalized spacial score (nSPS) is 20.4. The molecular formula is C13H17BrN4. The Kier molecular flexibility index (Phi) is 3.61. The van der Waals surface area contributed by atoms with Crippen molar-refractivity contribution in [1.82, 2.24) is 19.9 Å². The molecule has 2 aromatic rings. The molecular weight excluding hydrogens is 292 g/mol. The Morgan fingerprint density at radius 1 is 1.33 bits per heavy atom. The lowest BCUT2D eigenvalue weighted by Gasteiger charge is -2.22. The predicted molar refractivity (Wildman–Crippen MR) is 74.6 cm³/mol. The molecule has 96 valence electrons. The molecule has 0 aliphatic carbocycles. The van der Waals surface area contributed by atoms with Crippen molar-refractivity contribution in [2.75, 3.05) is 6.54 Å². The van der Waals surface area contributed by atoms with Crippen LogP contribution in [0.1, 0.15) is 31.5 Å². The van der Waals surface area contributed by atoms with E-state index in [4.69, 9.17) is 0 Å². The molecule has 0 amide bonds. The molecule has 4 nitrogen and oxygen atoms in total. The zero-order valence-corrected chi connectivity index (χ0v) is 11.9. The summed E-state index contributed by atoms with van der Waals surface area (Å²) in [4.78, 5) is 0. The van der Waals surface area contributed by atoms with E-state index in [9.17, 15) is 0 Å². The smallest absolute Gasteiger partial charge is 0.160 e. The van der Waals surface area contributed by atoms with Crippen molar-refractivity contribution < 1.29 is 0 Å². The fourth-order valence-electron chi connectivity index (χ4n) is 2.56. The molecule has 18 heavy (non-hydrogen) atoms. The molecule has 1 aliphatic rings. The van der Waals surface area contributed by atoms with E-state index < -0.39 is 0 Å². The number of nitrogens with one attached hydrogen (secondary N) is 1. The molecule has 3 rings (SSSR count). The number of halogens is 1. The van der Waals surface area contributed by atoms with E-state index in [0.29, 0.717) is 6.04 Å².